The molecule has 3 fully saturated rings. The minimum absolute atomic E-state index is 0.133. The van der Waals surface area contributed by atoms with Gasteiger partial charge in [0.25, 0.3) is 0 Å². The van der Waals surface area contributed by atoms with E-state index in [1.807, 2.05) is 12.1 Å². The Hall–Kier alpha value is -1.71. The van der Waals surface area contributed by atoms with Crippen LogP contribution in [-0.2, 0) is 21.4 Å². The quantitative estimate of drug-likeness (QED) is 0.549. The number of fused-ring (bicyclic) bond motifs is 1. The summed E-state index contributed by atoms with van der Waals surface area (Å²) in [4.78, 5) is 13.9. The topological polar surface area (TPSA) is 120 Å². The average Bonchev–Trinajstić information content (AvgIpc) is 2.76. The molecule has 4 N–H and O–H groups in total. The number of hydrogen-bond donors (Lipinski definition) is 4. The summed E-state index contributed by atoms with van der Waals surface area (Å²) in [5.41, 5.74) is 2.76. The molecule has 2 saturated heterocycles. The smallest absolute Gasteiger partial charge is 0.335 e. The predicted molar refractivity (Wildman–Crippen MR) is 110 cm³/mol. The van der Waals surface area contributed by atoms with E-state index in [1.165, 1.54) is 30.4 Å². The molecule has 0 spiro atoms. The van der Waals surface area contributed by atoms with Crippen molar-refractivity contribution < 1.29 is 34.7 Å². The van der Waals surface area contributed by atoms with Gasteiger partial charge in [0.05, 0.1) is 0 Å². The number of aliphatic carboxylic acids is 1. The lowest BCUT2D eigenvalue weighted by molar-refractivity contribution is -0.271. The van der Waals surface area contributed by atoms with Gasteiger partial charge in [0.1, 0.15) is 24.1 Å². The van der Waals surface area contributed by atoms with Gasteiger partial charge in [0, 0.05) is 11.5 Å². The zero-order valence-corrected chi connectivity index (χ0v) is 17.7. The Kier molecular flexibility index (Phi) is 5.26. The van der Waals surface area contributed by atoms with Crippen LogP contribution >= 0.6 is 0 Å². The highest BCUT2D eigenvalue weighted by Crippen LogP contribution is 2.56. The van der Waals surface area contributed by atoms with Crippen molar-refractivity contribution >= 4 is 5.97 Å². The molecule has 2 heterocycles. The van der Waals surface area contributed by atoms with Crippen molar-refractivity contribution in [2.24, 2.45) is 5.92 Å². The fourth-order valence-electron chi connectivity index (χ4n) is 6.53. The van der Waals surface area contributed by atoms with Gasteiger partial charge in [-0.15, -0.1) is 0 Å². The van der Waals surface area contributed by atoms with E-state index in [1.54, 1.807) is 0 Å². The molecule has 2 aliphatic heterocycles. The van der Waals surface area contributed by atoms with E-state index in [9.17, 15) is 25.2 Å². The van der Waals surface area contributed by atoms with Crippen LogP contribution in [0.25, 0.3) is 0 Å². The zero-order valence-electron chi connectivity index (χ0n) is 17.7. The highest BCUT2D eigenvalue weighted by atomic mass is 16.7. The Morgan fingerprint density at radius 1 is 1.16 bits per heavy atom. The van der Waals surface area contributed by atoms with Gasteiger partial charge in [-0.1, -0.05) is 18.9 Å². The standard InChI is InChI=1S/C23H31NO7/c1-24-9-8-23-7-3-2-4-14(23)16(24)10-12-5-6-13(11-15(12)23)30-22-19(27)17(25)18(26)20(31-22)21(28)29/h5-6,11,14,16-20,22,25-27H,2-4,7-10H2,1H3,(H,28,29)/t14?,16?,17?,18-,19?,20?,22+,23?/m0/s1. The van der Waals surface area contributed by atoms with E-state index in [0.717, 1.165) is 25.8 Å². The summed E-state index contributed by atoms with van der Waals surface area (Å²) in [6.07, 6.45) is -1.03. The summed E-state index contributed by atoms with van der Waals surface area (Å²) in [6, 6.07) is 6.47. The summed E-state index contributed by atoms with van der Waals surface area (Å²) in [6.45, 7) is 1.07. The number of piperidine rings is 1. The van der Waals surface area contributed by atoms with Crippen molar-refractivity contribution in [3.8, 4) is 5.75 Å². The molecule has 5 rings (SSSR count). The van der Waals surface area contributed by atoms with E-state index in [0.29, 0.717) is 17.7 Å². The second-order valence-electron chi connectivity index (χ2n) is 9.68. The van der Waals surface area contributed by atoms with Gasteiger partial charge < -0.3 is 34.8 Å². The van der Waals surface area contributed by atoms with Crippen LogP contribution in [0.2, 0.25) is 0 Å². The second kappa shape index (κ2) is 7.71. The second-order valence-corrected chi connectivity index (χ2v) is 9.68. The van der Waals surface area contributed by atoms with E-state index in [-0.39, 0.29) is 5.41 Å². The molecule has 0 aromatic heterocycles. The van der Waals surface area contributed by atoms with Gasteiger partial charge in [0.2, 0.25) is 6.29 Å². The highest BCUT2D eigenvalue weighted by molar-refractivity contribution is 5.73. The van der Waals surface area contributed by atoms with Gasteiger partial charge >= 0.3 is 5.97 Å². The Morgan fingerprint density at radius 2 is 1.97 bits per heavy atom. The first-order chi connectivity index (χ1) is 14.8. The van der Waals surface area contributed by atoms with Gasteiger partial charge in [-0.25, -0.2) is 4.79 Å². The first-order valence-electron chi connectivity index (χ1n) is 11.2. The van der Waals surface area contributed by atoms with Crippen molar-refractivity contribution in [2.45, 2.75) is 80.7 Å². The lowest BCUT2D eigenvalue weighted by atomic mass is 9.52. The number of nitrogens with zero attached hydrogens (tertiary/aromatic N) is 1. The van der Waals surface area contributed by atoms with Crippen molar-refractivity contribution in [3.05, 3.63) is 29.3 Å². The van der Waals surface area contributed by atoms with Gasteiger partial charge in [-0.3, -0.25) is 0 Å². The lowest BCUT2D eigenvalue weighted by Gasteiger charge is -2.58. The molecule has 2 aliphatic carbocycles. The van der Waals surface area contributed by atoms with Crippen molar-refractivity contribution in [2.75, 3.05) is 13.6 Å². The Morgan fingerprint density at radius 3 is 2.74 bits per heavy atom. The molecule has 6 unspecified atom stereocenters. The Bertz CT molecular complexity index is 862. The van der Waals surface area contributed by atoms with Gasteiger partial charge in [-0.2, -0.15) is 0 Å². The number of aliphatic hydroxyl groups excluding tert-OH is 3. The molecule has 1 aromatic rings. The number of carboxylic acids is 1. The molecule has 8 nitrogen and oxygen atoms in total. The molecule has 170 valence electrons. The monoisotopic (exact) mass is 433 g/mol. The minimum atomic E-state index is -1.73. The molecule has 8 atom stereocenters. The number of benzene rings is 1. The third kappa shape index (κ3) is 3.27. The lowest BCUT2D eigenvalue weighted by Crippen LogP contribution is -2.61. The van der Waals surface area contributed by atoms with Gasteiger partial charge in [0.15, 0.2) is 6.10 Å². The van der Waals surface area contributed by atoms with E-state index >= 15 is 0 Å². The number of aliphatic hydroxyl groups is 3. The first kappa shape index (κ1) is 21.2. The number of carboxylic acid groups (broad SMARTS) is 1. The molecule has 1 saturated carbocycles. The third-order valence-electron chi connectivity index (χ3n) is 8.15. The molecule has 0 radical (unpaired) electrons. The molecule has 8 heteroatoms. The zero-order chi connectivity index (χ0) is 21.9. The summed E-state index contributed by atoms with van der Waals surface area (Å²) < 4.78 is 11.2. The van der Waals surface area contributed by atoms with Gasteiger partial charge in [-0.05, 0) is 68.5 Å². The first-order valence-corrected chi connectivity index (χ1v) is 11.2. The maximum Gasteiger partial charge on any atom is 0.335 e. The van der Waals surface area contributed by atoms with Crippen LogP contribution in [0.1, 0.15) is 43.2 Å². The number of hydrogen-bond acceptors (Lipinski definition) is 7. The average molecular weight is 434 g/mol. The number of rotatable bonds is 3. The summed E-state index contributed by atoms with van der Waals surface area (Å²) in [5, 5.41) is 39.5. The van der Waals surface area contributed by atoms with E-state index in [4.69, 9.17) is 9.47 Å². The third-order valence-corrected chi connectivity index (χ3v) is 8.15. The van der Waals surface area contributed by atoms with Crippen molar-refractivity contribution in [1.29, 1.82) is 0 Å². The summed E-state index contributed by atoms with van der Waals surface area (Å²) in [5.74, 6) is -0.321. The normalized spacial score (nSPS) is 42.4. The van der Waals surface area contributed by atoms with Crippen LogP contribution in [0.3, 0.4) is 0 Å². The molecule has 0 amide bonds. The number of carbonyl (C=O) groups is 1. The summed E-state index contributed by atoms with van der Waals surface area (Å²) in [7, 11) is 2.23. The number of likely N-dealkylation sites (tertiary alicyclic amines) is 1. The van der Waals surface area contributed by atoms with Crippen LogP contribution in [0.4, 0.5) is 0 Å². The molecular formula is C23H31NO7. The van der Waals surface area contributed by atoms with Crippen molar-refractivity contribution in [1.82, 2.24) is 4.90 Å². The summed E-state index contributed by atoms with van der Waals surface area (Å²) >= 11 is 0. The molecular weight excluding hydrogens is 402 g/mol. The molecule has 1 aromatic carbocycles. The maximum absolute atomic E-state index is 11.4. The fraction of sp³-hybridized carbons (Fsp3) is 0.696. The molecule has 4 aliphatic rings. The predicted octanol–water partition coefficient (Wildman–Crippen LogP) is 0.646. The van der Waals surface area contributed by atoms with E-state index in [2.05, 4.69) is 18.0 Å². The van der Waals surface area contributed by atoms with E-state index < -0.39 is 36.7 Å². The maximum atomic E-state index is 11.4. The SMILES string of the molecule is CN1CCC23CCCCC2C1Cc1ccc(O[C@@H]2OC(C(=O)O)[C@@H](O)C(O)C2O)cc13. The number of ether oxygens (including phenoxy) is 2. The van der Waals surface area contributed by atoms with Crippen LogP contribution in [0.5, 0.6) is 5.75 Å². The molecule has 31 heavy (non-hydrogen) atoms. The van der Waals surface area contributed by atoms with Crippen LogP contribution in [0.15, 0.2) is 18.2 Å². The highest BCUT2D eigenvalue weighted by Gasteiger charge is 2.53. The van der Waals surface area contributed by atoms with Crippen molar-refractivity contribution in [3.63, 3.8) is 0 Å². The Balaban J connectivity index is 1.45. The van der Waals surface area contributed by atoms with Crippen LogP contribution < -0.4 is 4.74 Å². The molecule has 2 bridgehead atoms. The minimum Gasteiger partial charge on any atom is -0.479 e. The fourth-order valence-corrected chi connectivity index (χ4v) is 6.53. The Labute approximate surface area is 181 Å². The number of likely N-dealkylation sites (N-methyl/N-ethyl adjacent to an activating group) is 1. The largest absolute Gasteiger partial charge is 0.479 e. The van der Waals surface area contributed by atoms with Crippen LogP contribution in [0, 0.1) is 5.92 Å². The van der Waals surface area contributed by atoms with Crippen LogP contribution in [-0.4, -0.2) is 81.6 Å².